The van der Waals surface area contributed by atoms with Crippen molar-refractivity contribution in [2.75, 3.05) is 14.1 Å². The van der Waals surface area contributed by atoms with Gasteiger partial charge < -0.3 is 19.8 Å². The highest BCUT2D eigenvalue weighted by molar-refractivity contribution is 5.72. The van der Waals surface area contributed by atoms with Crippen LogP contribution in [0.15, 0.2) is 22.8 Å². The summed E-state index contributed by atoms with van der Waals surface area (Å²) in [5.41, 5.74) is 1.74. The fourth-order valence-electron chi connectivity index (χ4n) is 11.9. The molecule has 2 spiro atoms. The van der Waals surface area contributed by atoms with Crippen LogP contribution in [0.5, 0.6) is 0 Å². The Hall–Kier alpha value is -1.33. The Morgan fingerprint density at radius 3 is 2.46 bits per heavy atom. The van der Waals surface area contributed by atoms with Gasteiger partial charge in [0, 0.05) is 18.0 Å². The molecular weight excluding hydrogens is 460 g/mol. The van der Waals surface area contributed by atoms with Gasteiger partial charge in [0.25, 0.3) is 0 Å². The Morgan fingerprint density at radius 1 is 1.05 bits per heavy atom. The van der Waals surface area contributed by atoms with Gasteiger partial charge in [-0.3, -0.25) is 4.79 Å². The van der Waals surface area contributed by atoms with Gasteiger partial charge in [0.15, 0.2) is 0 Å². The number of carbonyl (C=O) groups is 1. The molecule has 0 unspecified atom stereocenters. The minimum absolute atomic E-state index is 0.0426. The molecule has 0 aliphatic heterocycles. The molecule has 1 aromatic heterocycles. The third kappa shape index (κ3) is 3.25. The van der Waals surface area contributed by atoms with Crippen LogP contribution >= 0.6 is 0 Å². The Kier molecular flexibility index (Phi) is 5.84. The number of carbonyl (C=O) groups excluding carboxylic acids is 1. The second-order valence-electron chi connectivity index (χ2n) is 14.8. The predicted octanol–water partition coefficient (Wildman–Crippen LogP) is 5.98. The maximum atomic E-state index is 13.1. The number of esters is 1. The zero-order valence-corrected chi connectivity index (χ0v) is 24.3. The number of hydrogen-bond donors (Lipinski definition) is 2. The molecule has 2 N–H and O–H groups in total. The molecule has 5 aliphatic rings. The third-order valence-electron chi connectivity index (χ3n) is 13.7. The van der Waals surface area contributed by atoms with Crippen molar-refractivity contribution in [1.29, 1.82) is 0 Å². The summed E-state index contributed by atoms with van der Waals surface area (Å²) < 4.78 is 11.8. The topological polar surface area (TPSA) is 63.5 Å². The smallest absolute Gasteiger partial charge is 0.313 e. The molecule has 0 amide bonds. The van der Waals surface area contributed by atoms with E-state index in [4.69, 9.17) is 9.15 Å². The quantitative estimate of drug-likeness (QED) is 0.461. The molecule has 5 aliphatic carbocycles. The van der Waals surface area contributed by atoms with Crippen molar-refractivity contribution in [2.24, 2.45) is 44.8 Å². The lowest BCUT2D eigenvalue weighted by Gasteiger charge is -2.63. The highest BCUT2D eigenvalue weighted by Crippen LogP contribution is 2.89. The first-order chi connectivity index (χ1) is 17.5. The highest BCUT2D eigenvalue weighted by atomic mass is 16.5. The monoisotopic (exact) mass is 510 g/mol. The van der Waals surface area contributed by atoms with Crippen molar-refractivity contribution in [2.45, 2.75) is 111 Å². The minimum atomic E-state index is -0.146. The lowest BCUT2D eigenvalue weighted by atomic mass is 9.42. The lowest BCUT2D eigenvalue weighted by Crippen LogP contribution is -2.59. The van der Waals surface area contributed by atoms with E-state index in [1.54, 1.807) is 6.26 Å². The van der Waals surface area contributed by atoms with Crippen molar-refractivity contribution in [3.05, 3.63) is 24.2 Å². The van der Waals surface area contributed by atoms with Crippen LogP contribution in [0.3, 0.4) is 0 Å². The average molecular weight is 511 g/mol. The highest BCUT2D eigenvalue weighted by Gasteiger charge is 2.83. The van der Waals surface area contributed by atoms with Crippen LogP contribution in [0.25, 0.3) is 0 Å². The fraction of sp³-hybridized carbons (Fsp3) is 0.844. The molecule has 5 fully saturated rings. The van der Waals surface area contributed by atoms with Crippen LogP contribution in [0.1, 0.15) is 91.7 Å². The molecule has 0 saturated heterocycles. The largest absolute Gasteiger partial charge is 0.469 e. The number of fused-ring (bicyclic) bond motifs is 2. The Bertz CT molecular complexity index is 1040. The standard InChI is InChI=1S/C32H50N2O3/c1-20(33-6)27-22(37-26(35)17-21-9-8-16-36-21)18-30(5)24-11-10-23-28(2,3)25(34-7)12-13-31(23)19-32(24,31)15-14-29(27,30)4/h8-9,16,20,22-25,27,33-34H,10-15,17-19H2,1-7H3/t20-,22+,23-,24-,25-,27-,29+,30-,31+,32-/m0/s1. The second-order valence-corrected chi connectivity index (χ2v) is 14.8. The zero-order chi connectivity index (χ0) is 26.4. The molecule has 10 atom stereocenters. The minimum Gasteiger partial charge on any atom is -0.469 e. The maximum Gasteiger partial charge on any atom is 0.313 e. The van der Waals surface area contributed by atoms with Gasteiger partial charge in [-0.25, -0.2) is 0 Å². The van der Waals surface area contributed by atoms with Gasteiger partial charge in [0.2, 0.25) is 0 Å². The first kappa shape index (κ1) is 25.9. The number of hydrogen-bond acceptors (Lipinski definition) is 5. The summed E-state index contributed by atoms with van der Waals surface area (Å²) in [6, 6.07) is 4.64. The van der Waals surface area contributed by atoms with Gasteiger partial charge >= 0.3 is 5.97 Å². The number of furan rings is 1. The third-order valence-corrected chi connectivity index (χ3v) is 13.7. The molecule has 206 valence electrons. The van der Waals surface area contributed by atoms with Crippen LogP contribution in [0.4, 0.5) is 0 Å². The van der Waals surface area contributed by atoms with Gasteiger partial charge in [-0.1, -0.05) is 27.7 Å². The summed E-state index contributed by atoms with van der Waals surface area (Å²) in [4.78, 5) is 13.1. The average Bonchev–Trinajstić information content (AvgIpc) is 3.08. The first-order valence-corrected chi connectivity index (χ1v) is 15.1. The van der Waals surface area contributed by atoms with Crippen LogP contribution in [-0.2, 0) is 16.0 Å². The summed E-state index contributed by atoms with van der Waals surface area (Å²) in [6.07, 6.45) is 12.3. The Labute approximate surface area is 224 Å². The van der Waals surface area contributed by atoms with E-state index in [9.17, 15) is 4.79 Å². The molecule has 1 aromatic rings. The van der Waals surface area contributed by atoms with Crippen molar-refractivity contribution in [3.8, 4) is 0 Å². The predicted molar refractivity (Wildman–Crippen MR) is 146 cm³/mol. The second kappa shape index (κ2) is 8.34. The van der Waals surface area contributed by atoms with Crippen molar-refractivity contribution in [1.82, 2.24) is 10.6 Å². The molecular formula is C32H50N2O3. The van der Waals surface area contributed by atoms with Crippen LogP contribution in [-0.4, -0.2) is 38.3 Å². The van der Waals surface area contributed by atoms with Crippen molar-refractivity contribution >= 4 is 5.97 Å². The molecule has 0 aromatic carbocycles. The van der Waals surface area contributed by atoms with E-state index < -0.39 is 0 Å². The zero-order valence-electron chi connectivity index (χ0n) is 24.3. The molecule has 6 rings (SSSR count). The van der Waals surface area contributed by atoms with E-state index >= 15 is 0 Å². The number of rotatable bonds is 6. The maximum absolute atomic E-state index is 13.1. The van der Waals surface area contributed by atoms with E-state index in [2.05, 4.69) is 59.3 Å². The van der Waals surface area contributed by atoms with Crippen LogP contribution in [0.2, 0.25) is 0 Å². The van der Waals surface area contributed by atoms with Gasteiger partial charge in [0.05, 0.1) is 6.26 Å². The summed E-state index contributed by atoms with van der Waals surface area (Å²) in [5, 5.41) is 7.26. The van der Waals surface area contributed by atoms with Gasteiger partial charge in [0.1, 0.15) is 18.3 Å². The number of ether oxygens (including phenoxy) is 1. The first-order valence-electron chi connectivity index (χ1n) is 15.1. The van der Waals surface area contributed by atoms with Crippen molar-refractivity contribution < 1.29 is 13.9 Å². The van der Waals surface area contributed by atoms with Crippen molar-refractivity contribution in [3.63, 3.8) is 0 Å². The molecule has 1 heterocycles. The summed E-state index contributed by atoms with van der Waals surface area (Å²) in [7, 11) is 4.24. The van der Waals surface area contributed by atoms with E-state index in [1.807, 2.05) is 12.1 Å². The van der Waals surface area contributed by atoms with Crippen LogP contribution in [0, 0.1) is 44.8 Å². The summed E-state index contributed by atoms with van der Waals surface area (Å²) in [6.45, 7) is 12.6. The van der Waals surface area contributed by atoms with E-state index in [-0.39, 0.29) is 29.3 Å². The van der Waals surface area contributed by atoms with E-state index in [0.717, 1.165) is 18.3 Å². The fourth-order valence-corrected chi connectivity index (χ4v) is 11.9. The van der Waals surface area contributed by atoms with E-state index in [1.165, 1.54) is 44.9 Å². The Balaban J connectivity index is 1.31. The lowest BCUT2D eigenvalue weighted by molar-refractivity contribution is -0.152. The Morgan fingerprint density at radius 2 is 1.78 bits per heavy atom. The molecule has 0 radical (unpaired) electrons. The molecule has 5 heteroatoms. The van der Waals surface area contributed by atoms with Gasteiger partial charge in [-0.15, -0.1) is 0 Å². The normalized spacial score (nSPS) is 48.2. The number of nitrogens with one attached hydrogen (secondary N) is 2. The SMILES string of the molecule is CN[C@@H](C)[C@H]1[C@H](OC(=O)Cc2ccco2)C[C@@]2(C)[C@@H]3CC[C@H]4C(C)(C)[C@@H](NC)CC[C@@]45C[C@@]35CC[C@]12C. The van der Waals surface area contributed by atoms with Gasteiger partial charge in [-0.05, 0) is 123 Å². The van der Waals surface area contributed by atoms with Gasteiger partial charge in [-0.2, -0.15) is 0 Å². The molecule has 37 heavy (non-hydrogen) atoms. The van der Waals surface area contributed by atoms with E-state index in [0.29, 0.717) is 40.0 Å². The molecule has 5 nitrogen and oxygen atoms in total. The summed E-state index contributed by atoms with van der Waals surface area (Å²) >= 11 is 0. The molecule has 0 bridgehead atoms. The summed E-state index contributed by atoms with van der Waals surface area (Å²) in [5.74, 6) is 2.42. The van der Waals surface area contributed by atoms with Crippen LogP contribution < -0.4 is 10.6 Å². The molecule has 5 saturated carbocycles.